The highest BCUT2D eigenvalue weighted by molar-refractivity contribution is 5.98. The molecule has 1 fully saturated rings. The van der Waals surface area contributed by atoms with Crippen molar-refractivity contribution in [1.82, 2.24) is 14.8 Å². The zero-order valence-corrected chi connectivity index (χ0v) is 17.9. The van der Waals surface area contributed by atoms with Gasteiger partial charge in [0.2, 0.25) is 0 Å². The number of ether oxygens (including phenoxy) is 1. The summed E-state index contributed by atoms with van der Waals surface area (Å²) in [6.07, 6.45) is 9.52. The largest absolute Gasteiger partial charge is 0.496 e. The van der Waals surface area contributed by atoms with Crippen molar-refractivity contribution in [2.45, 2.75) is 38.1 Å². The third-order valence-electron chi connectivity index (χ3n) is 5.60. The minimum atomic E-state index is -0.486. The van der Waals surface area contributed by atoms with Crippen LogP contribution in [0.2, 0.25) is 0 Å². The zero-order valence-electron chi connectivity index (χ0n) is 17.9. The van der Waals surface area contributed by atoms with Gasteiger partial charge >= 0.3 is 0 Å². The number of rotatable bonds is 7. The van der Waals surface area contributed by atoms with Crippen LogP contribution in [-0.4, -0.2) is 33.8 Å². The third kappa shape index (κ3) is 4.79. The highest BCUT2D eigenvalue weighted by Gasteiger charge is 2.18. The van der Waals surface area contributed by atoms with E-state index in [1.165, 1.54) is 19.3 Å². The summed E-state index contributed by atoms with van der Waals surface area (Å²) in [6.45, 7) is 0. The molecule has 0 unspecified atom stereocenters. The van der Waals surface area contributed by atoms with Crippen molar-refractivity contribution in [3.05, 3.63) is 48.3 Å². The van der Waals surface area contributed by atoms with E-state index in [9.17, 15) is 4.79 Å². The van der Waals surface area contributed by atoms with E-state index < -0.39 is 5.91 Å². The van der Waals surface area contributed by atoms with Crippen LogP contribution in [0, 0.1) is 0 Å². The number of carbonyl (C=O) groups excluding carboxylic acids is 1. The second kappa shape index (κ2) is 9.07. The maximum absolute atomic E-state index is 11.9. The van der Waals surface area contributed by atoms with Gasteiger partial charge in [0.15, 0.2) is 0 Å². The van der Waals surface area contributed by atoms with Crippen molar-refractivity contribution in [3.8, 4) is 16.9 Å². The summed E-state index contributed by atoms with van der Waals surface area (Å²) in [5, 5.41) is 11.0. The molecular formula is C23H28N6O2. The molecule has 0 radical (unpaired) electrons. The number of pyridine rings is 1. The number of hydrogen-bond donors (Lipinski definition) is 3. The van der Waals surface area contributed by atoms with Gasteiger partial charge in [0.05, 0.1) is 18.9 Å². The maximum Gasteiger partial charge on any atom is 0.252 e. The molecule has 1 amide bonds. The van der Waals surface area contributed by atoms with Gasteiger partial charge in [-0.3, -0.25) is 9.48 Å². The summed E-state index contributed by atoms with van der Waals surface area (Å²) in [5.74, 6) is 1.40. The Morgan fingerprint density at radius 1 is 1.19 bits per heavy atom. The molecule has 1 aromatic carbocycles. The summed E-state index contributed by atoms with van der Waals surface area (Å²) >= 11 is 0. The Bertz CT molecular complexity index is 1070. The first-order chi connectivity index (χ1) is 15.0. The van der Waals surface area contributed by atoms with Gasteiger partial charge in [0.1, 0.15) is 17.4 Å². The normalized spacial score (nSPS) is 14.3. The molecule has 0 spiro atoms. The van der Waals surface area contributed by atoms with Crippen LogP contribution in [0.5, 0.6) is 5.75 Å². The standard InChI is InChI=1S/C23H28N6O2/c1-29-14-15(13-25-29)18-9-8-17(12-20(18)31-2)26-21-11-10-19(22(24)30)23(28-21)27-16-6-4-3-5-7-16/h8-14,16H,3-7H2,1-2H3,(H2,24,30)(H2,26,27,28). The van der Waals surface area contributed by atoms with Gasteiger partial charge in [-0.25, -0.2) is 4.98 Å². The van der Waals surface area contributed by atoms with E-state index in [1.54, 1.807) is 30.1 Å². The lowest BCUT2D eigenvalue weighted by Crippen LogP contribution is -2.25. The number of nitrogens with one attached hydrogen (secondary N) is 2. The van der Waals surface area contributed by atoms with Gasteiger partial charge in [-0.05, 0) is 37.1 Å². The number of primary amides is 1. The first-order valence-electron chi connectivity index (χ1n) is 10.5. The number of aryl methyl sites for hydroxylation is 1. The number of nitrogens with two attached hydrogens (primary N) is 1. The van der Waals surface area contributed by atoms with Crippen LogP contribution in [0.3, 0.4) is 0 Å². The van der Waals surface area contributed by atoms with Gasteiger partial charge in [-0.2, -0.15) is 5.10 Å². The van der Waals surface area contributed by atoms with Crippen LogP contribution >= 0.6 is 0 Å². The summed E-state index contributed by atoms with van der Waals surface area (Å²) in [7, 11) is 3.53. The fraction of sp³-hybridized carbons (Fsp3) is 0.348. The first kappa shape index (κ1) is 20.7. The fourth-order valence-electron chi connectivity index (χ4n) is 3.99. The lowest BCUT2D eigenvalue weighted by molar-refractivity contribution is 0.100. The van der Waals surface area contributed by atoms with Crippen molar-refractivity contribution in [1.29, 1.82) is 0 Å². The maximum atomic E-state index is 11.9. The number of methoxy groups -OCH3 is 1. The summed E-state index contributed by atoms with van der Waals surface area (Å²) in [5.41, 5.74) is 8.74. The summed E-state index contributed by atoms with van der Waals surface area (Å²) in [4.78, 5) is 16.5. The minimum absolute atomic E-state index is 0.313. The van der Waals surface area contributed by atoms with E-state index >= 15 is 0 Å². The molecule has 0 aliphatic heterocycles. The molecule has 1 saturated carbocycles. The molecule has 2 heterocycles. The van der Waals surface area contributed by atoms with E-state index in [-0.39, 0.29) is 0 Å². The molecule has 31 heavy (non-hydrogen) atoms. The topological polar surface area (TPSA) is 107 Å². The Kier molecular flexibility index (Phi) is 6.06. The van der Waals surface area contributed by atoms with Crippen molar-refractivity contribution in [2.75, 3.05) is 17.7 Å². The van der Waals surface area contributed by atoms with E-state index in [0.717, 1.165) is 35.4 Å². The third-order valence-corrected chi connectivity index (χ3v) is 5.60. The summed E-state index contributed by atoms with van der Waals surface area (Å²) in [6, 6.07) is 9.64. The molecule has 0 atom stereocenters. The predicted molar refractivity (Wildman–Crippen MR) is 122 cm³/mol. The van der Waals surface area contributed by atoms with Gasteiger partial charge in [0.25, 0.3) is 5.91 Å². The molecule has 0 bridgehead atoms. The monoisotopic (exact) mass is 420 g/mol. The molecule has 2 aromatic heterocycles. The van der Waals surface area contributed by atoms with Crippen LogP contribution in [0.25, 0.3) is 11.1 Å². The van der Waals surface area contributed by atoms with Gasteiger partial charge in [0, 0.05) is 42.2 Å². The molecule has 4 N–H and O–H groups in total. The van der Waals surface area contributed by atoms with Crippen molar-refractivity contribution < 1.29 is 9.53 Å². The average Bonchev–Trinajstić information content (AvgIpc) is 3.20. The van der Waals surface area contributed by atoms with Crippen LogP contribution in [-0.2, 0) is 7.05 Å². The first-order valence-corrected chi connectivity index (χ1v) is 10.5. The SMILES string of the molecule is COc1cc(Nc2ccc(C(N)=O)c(NC3CCCCC3)n2)ccc1-c1cnn(C)c1. The Hall–Kier alpha value is -3.55. The van der Waals surface area contributed by atoms with Crippen LogP contribution in [0.4, 0.5) is 17.3 Å². The Morgan fingerprint density at radius 3 is 2.68 bits per heavy atom. The number of aromatic nitrogens is 3. The highest BCUT2D eigenvalue weighted by Crippen LogP contribution is 2.33. The van der Waals surface area contributed by atoms with E-state index in [0.29, 0.717) is 23.2 Å². The highest BCUT2D eigenvalue weighted by atomic mass is 16.5. The van der Waals surface area contributed by atoms with Crippen LogP contribution in [0.1, 0.15) is 42.5 Å². The van der Waals surface area contributed by atoms with Gasteiger partial charge < -0.3 is 21.1 Å². The molecular weight excluding hydrogens is 392 g/mol. The molecule has 0 saturated heterocycles. The van der Waals surface area contributed by atoms with Crippen molar-refractivity contribution in [2.24, 2.45) is 12.8 Å². The Morgan fingerprint density at radius 2 is 2.00 bits per heavy atom. The number of carbonyl (C=O) groups is 1. The molecule has 8 heteroatoms. The molecule has 8 nitrogen and oxygen atoms in total. The lowest BCUT2D eigenvalue weighted by Gasteiger charge is -2.24. The Balaban J connectivity index is 1.58. The molecule has 4 rings (SSSR count). The zero-order chi connectivity index (χ0) is 21.8. The quantitative estimate of drug-likeness (QED) is 0.532. The lowest BCUT2D eigenvalue weighted by atomic mass is 9.95. The van der Waals surface area contributed by atoms with E-state index in [1.807, 2.05) is 31.4 Å². The number of amides is 1. The number of hydrogen-bond acceptors (Lipinski definition) is 6. The van der Waals surface area contributed by atoms with Crippen molar-refractivity contribution in [3.63, 3.8) is 0 Å². The van der Waals surface area contributed by atoms with Crippen LogP contribution < -0.4 is 21.1 Å². The minimum Gasteiger partial charge on any atom is -0.496 e. The smallest absolute Gasteiger partial charge is 0.252 e. The number of nitrogens with zero attached hydrogens (tertiary/aromatic N) is 3. The molecule has 162 valence electrons. The number of benzene rings is 1. The second-order valence-corrected chi connectivity index (χ2v) is 7.88. The predicted octanol–water partition coefficient (Wildman–Crippen LogP) is 4.08. The molecule has 1 aliphatic carbocycles. The second-order valence-electron chi connectivity index (χ2n) is 7.88. The Labute approximate surface area is 181 Å². The number of anilines is 3. The van der Waals surface area contributed by atoms with Crippen molar-refractivity contribution >= 4 is 23.2 Å². The average molecular weight is 421 g/mol. The van der Waals surface area contributed by atoms with Gasteiger partial charge in [-0.15, -0.1) is 0 Å². The van der Waals surface area contributed by atoms with Crippen LogP contribution in [0.15, 0.2) is 42.7 Å². The molecule has 3 aromatic rings. The van der Waals surface area contributed by atoms with E-state index in [2.05, 4.69) is 20.7 Å². The fourth-order valence-corrected chi connectivity index (χ4v) is 3.99. The molecule has 1 aliphatic rings. The van der Waals surface area contributed by atoms with E-state index in [4.69, 9.17) is 10.5 Å². The van der Waals surface area contributed by atoms with Gasteiger partial charge in [-0.1, -0.05) is 19.3 Å². The summed E-state index contributed by atoms with van der Waals surface area (Å²) < 4.78 is 7.35.